The van der Waals surface area contributed by atoms with Gasteiger partial charge in [0.2, 0.25) is 0 Å². The minimum Gasteiger partial charge on any atom is -0.469 e. The second-order valence-electron chi connectivity index (χ2n) is 6.12. The lowest BCUT2D eigenvalue weighted by molar-refractivity contribution is 0.182. The Labute approximate surface area is 117 Å². The number of rotatable bonds is 5. The summed E-state index contributed by atoms with van der Waals surface area (Å²) in [7, 11) is 0. The van der Waals surface area contributed by atoms with Crippen LogP contribution in [0.3, 0.4) is 0 Å². The minimum atomic E-state index is 0.631. The van der Waals surface area contributed by atoms with Crippen molar-refractivity contribution in [3.63, 3.8) is 0 Å². The Morgan fingerprint density at radius 2 is 2.26 bits per heavy atom. The van der Waals surface area contributed by atoms with Crippen LogP contribution in [0.4, 0.5) is 0 Å². The molecule has 1 aliphatic heterocycles. The molecule has 0 bridgehead atoms. The van der Waals surface area contributed by atoms with Gasteiger partial charge in [-0.25, -0.2) is 0 Å². The van der Waals surface area contributed by atoms with Crippen molar-refractivity contribution < 1.29 is 4.42 Å². The number of hydrogen-bond acceptors (Lipinski definition) is 3. The van der Waals surface area contributed by atoms with Crippen molar-refractivity contribution in [2.24, 2.45) is 5.92 Å². The van der Waals surface area contributed by atoms with Crippen LogP contribution < -0.4 is 5.32 Å². The Hall–Kier alpha value is -0.800. The summed E-state index contributed by atoms with van der Waals surface area (Å²) in [6.07, 6.45) is 5.25. The molecule has 0 aliphatic carbocycles. The zero-order valence-electron chi connectivity index (χ0n) is 12.6. The number of aryl methyl sites for hydroxylation is 1. The van der Waals surface area contributed by atoms with Gasteiger partial charge in [0.15, 0.2) is 0 Å². The lowest BCUT2D eigenvalue weighted by atomic mass is 10.0. The maximum Gasteiger partial charge on any atom is 0.103 e. The lowest BCUT2D eigenvalue weighted by Gasteiger charge is -2.31. The molecule has 2 heterocycles. The van der Waals surface area contributed by atoms with Gasteiger partial charge >= 0.3 is 0 Å². The standard InChI is InChI=1S/C16H28N2O/c1-13(2)16-12-18(10-5-9-17-16)14(3)7-8-15-6-4-11-19-15/h4,6,11,13-14,16-17H,5,7-10,12H2,1-3H3. The van der Waals surface area contributed by atoms with Gasteiger partial charge in [-0.05, 0) is 50.9 Å². The lowest BCUT2D eigenvalue weighted by Crippen LogP contribution is -2.44. The fourth-order valence-electron chi connectivity index (χ4n) is 2.81. The SMILES string of the molecule is CC(C)C1CN(C(C)CCc2ccco2)CCCN1. The summed E-state index contributed by atoms with van der Waals surface area (Å²) in [6.45, 7) is 10.5. The van der Waals surface area contributed by atoms with E-state index in [1.54, 1.807) is 6.26 Å². The van der Waals surface area contributed by atoms with Gasteiger partial charge in [-0.2, -0.15) is 0 Å². The van der Waals surface area contributed by atoms with Crippen molar-refractivity contribution in [3.8, 4) is 0 Å². The first kappa shape index (κ1) is 14.6. The Morgan fingerprint density at radius 3 is 2.95 bits per heavy atom. The Balaban J connectivity index is 1.84. The smallest absolute Gasteiger partial charge is 0.103 e. The van der Waals surface area contributed by atoms with Gasteiger partial charge in [0, 0.05) is 25.0 Å². The van der Waals surface area contributed by atoms with E-state index in [1.807, 2.05) is 6.07 Å². The molecule has 3 nitrogen and oxygen atoms in total. The third-order valence-electron chi connectivity index (χ3n) is 4.28. The van der Waals surface area contributed by atoms with Crippen molar-refractivity contribution in [2.75, 3.05) is 19.6 Å². The molecule has 2 unspecified atom stereocenters. The summed E-state index contributed by atoms with van der Waals surface area (Å²) in [5.74, 6) is 1.82. The van der Waals surface area contributed by atoms with Crippen molar-refractivity contribution in [2.45, 2.75) is 52.1 Å². The molecule has 1 N–H and O–H groups in total. The molecule has 0 saturated carbocycles. The van der Waals surface area contributed by atoms with E-state index in [-0.39, 0.29) is 0 Å². The highest BCUT2D eigenvalue weighted by Crippen LogP contribution is 2.15. The summed E-state index contributed by atoms with van der Waals surface area (Å²) in [5, 5.41) is 3.68. The van der Waals surface area contributed by atoms with Crippen LogP contribution in [0.1, 0.15) is 39.4 Å². The topological polar surface area (TPSA) is 28.4 Å². The minimum absolute atomic E-state index is 0.631. The highest BCUT2D eigenvalue weighted by atomic mass is 16.3. The number of nitrogens with zero attached hydrogens (tertiary/aromatic N) is 1. The van der Waals surface area contributed by atoms with Crippen LogP contribution in [0.5, 0.6) is 0 Å². The van der Waals surface area contributed by atoms with Gasteiger partial charge in [-0.3, -0.25) is 4.90 Å². The molecule has 0 amide bonds. The van der Waals surface area contributed by atoms with Crippen LogP contribution in [0.15, 0.2) is 22.8 Å². The summed E-state index contributed by atoms with van der Waals surface area (Å²) >= 11 is 0. The molecule has 1 aromatic heterocycles. The molecule has 2 atom stereocenters. The Bertz CT molecular complexity index is 348. The third-order valence-corrected chi connectivity index (χ3v) is 4.28. The zero-order chi connectivity index (χ0) is 13.7. The number of nitrogens with one attached hydrogen (secondary N) is 1. The van der Waals surface area contributed by atoms with Gasteiger partial charge in [0.25, 0.3) is 0 Å². The molecule has 1 saturated heterocycles. The van der Waals surface area contributed by atoms with Crippen LogP contribution in [-0.2, 0) is 6.42 Å². The molecule has 3 heteroatoms. The van der Waals surface area contributed by atoms with Crippen LogP contribution in [0.25, 0.3) is 0 Å². The molecule has 1 fully saturated rings. The molecule has 2 rings (SSSR count). The van der Waals surface area contributed by atoms with Gasteiger partial charge in [-0.15, -0.1) is 0 Å². The normalized spacial score (nSPS) is 23.5. The predicted octanol–water partition coefficient (Wildman–Crippen LogP) is 2.92. The van der Waals surface area contributed by atoms with Gasteiger partial charge in [0.1, 0.15) is 5.76 Å². The van der Waals surface area contributed by atoms with Gasteiger partial charge < -0.3 is 9.73 Å². The Kier molecular flexibility index (Phi) is 5.46. The summed E-state index contributed by atoms with van der Waals surface area (Å²) < 4.78 is 5.42. The highest BCUT2D eigenvalue weighted by molar-refractivity contribution is 4.98. The Morgan fingerprint density at radius 1 is 1.42 bits per heavy atom. The van der Waals surface area contributed by atoms with E-state index in [4.69, 9.17) is 4.42 Å². The fraction of sp³-hybridized carbons (Fsp3) is 0.750. The zero-order valence-corrected chi connectivity index (χ0v) is 12.6. The van der Waals surface area contributed by atoms with E-state index in [0.29, 0.717) is 18.0 Å². The largest absolute Gasteiger partial charge is 0.469 e. The van der Waals surface area contributed by atoms with E-state index >= 15 is 0 Å². The molecule has 1 aliphatic rings. The van der Waals surface area contributed by atoms with Crippen molar-refractivity contribution in [1.29, 1.82) is 0 Å². The first-order chi connectivity index (χ1) is 9.16. The van der Waals surface area contributed by atoms with Crippen molar-refractivity contribution in [1.82, 2.24) is 10.2 Å². The summed E-state index contributed by atoms with van der Waals surface area (Å²) in [4.78, 5) is 2.65. The van der Waals surface area contributed by atoms with E-state index in [2.05, 4.69) is 37.1 Å². The maximum absolute atomic E-state index is 5.42. The second kappa shape index (κ2) is 7.11. The first-order valence-electron chi connectivity index (χ1n) is 7.66. The van der Waals surface area contributed by atoms with E-state index in [9.17, 15) is 0 Å². The van der Waals surface area contributed by atoms with E-state index in [1.165, 1.54) is 25.9 Å². The van der Waals surface area contributed by atoms with Crippen LogP contribution >= 0.6 is 0 Å². The predicted molar refractivity (Wildman–Crippen MR) is 79.3 cm³/mol. The quantitative estimate of drug-likeness (QED) is 0.886. The highest BCUT2D eigenvalue weighted by Gasteiger charge is 2.23. The molecule has 108 valence electrons. The molecule has 0 aromatic carbocycles. The van der Waals surface area contributed by atoms with E-state index in [0.717, 1.165) is 18.7 Å². The monoisotopic (exact) mass is 264 g/mol. The average Bonchev–Trinajstić information content (AvgIpc) is 2.77. The molecule has 1 aromatic rings. The second-order valence-corrected chi connectivity index (χ2v) is 6.12. The van der Waals surface area contributed by atoms with Crippen LogP contribution in [-0.4, -0.2) is 36.6 Å². The number of hydrogen-bond donors (Lipinski definition) is 1. The van der Waals surface area contributed by atoms with E-state index < -0.39 is 0 Å². The molecule has 0 radical (unpaired) electrons. The van der Waals surface area contributed by atoms with Gasteiger partial charge in [0.05, 0.1) is 6.26 Å². The maximum atomic E-state index is 5.42. The fourth-order valence-corrected chi connectivity index (χ4v) is 2.81. The van der Waals surface area contributed by atoms with Crippen molar-refractivity contribution >= 4 is 0 Å². The summed E-state index contributed by atoms with van der Waals surface area (Å²) in [5.41, 5.74) is 0. The molecular formula is C16H28N2O. The van der Waals surface area contributed by atoms with Crippen LogP contribution in [0, 0.1) is 5.92 Å². The third kappa shape index (κ3) is 4.36. The molecule has 0 spiro atoms. The van der Waals surface area contributed by atoms with Gasteiger partial charge in [-0.1, -0.05) is 13.8 Å². The molecule has 19 heavy (non-hydrogen) atoms. The summed E-state index contributed by atoms with van der Waals surface area (Å²) in [6, 6.07) is 5.32. The first-order valence-corrected chi connectivity index (χ1v) is 7.66. The average molecular weight is 264 g/mol. The number of furan rings is 1. The molecular weight excluding hydrogens is 236 g/mol. The van der Waals surface area contributed by atoms with Crippen LogP contribution in [0.2, 0.25) is 0 Å². The van der Waals surface area contributed by atoms with Crippen molar-refractivity contribution in [3.05, 3.63) is 24.2 Å².